The second-order valence-corrected chi connectivity index (χ2v) is 18.0. The Labute approximate surface area is 400 Å². The maximum atomic E-state index is 12.8. The molecule has 0 amide bonds. The summed E-state index contributed by atoms with van der Waals surface area (Å²) >= 11 is 0. The summed E-state index contributed by atoms with van der Waals surface area (Å²) in [5.41, 5.74) is 0. The van der Waals surface area contributed by atoms with E-state index in [2.05, 4.69) is 93.7 Å². The highest BCUT2D eigenvalue weighted by atomic mass is 31.2. The molecule has 0 aliphatic heterocycles. The topological polar surface area (TPSA) is 155 Å². The van der Waals surface area contributed by atoms with Crippen molar-refractivity contribution in [1.29, 1.82) is 0 Å². The SMILES string of the molecule is CC/C=C\C/C=C\C/C=C\C/C=C\CCC(=O)OC(COC(=O)CCCCCCC/C=C\C/C=C\CCC)COP(=O)(O)OCC(CO)OC(=O)CCCCCCC/C=C\CCCCCC. The van der Waals surface area contributed by atoms with Crippen LogP contribution in [0.5, 0.6) is 0 Å². The van der Waals surface area contributed by atoms with Crippen LogP contribution in [0.2, 0.25) is 0 Å². The third kappa shape index (κ3) is 45.8. The first kappa shape index (κ1) is 62.7. The van der Waals surface area contributed by atoms with Crippen molar-refractivity contribution in [2.75, 3.05) is 26.4 Å². The smallest absolute Gasteiger partial charge is 0.462 e. The van der Waals surface area contributed by atoms with E-state index in [0.29, 0.717) is 19.3 Å². The lowest BCUT2D eigenvalue weighted by molar-refractivity contribution is -0.161. The lowest BCUT2D eigenvalue weighted by Gasteiger charge is -2.21. The number of unbranched alkanes of at least 4 members (excludes halogenated alkanes) is 15. The zero-order chi connectivity index (χ0) is 48.4. The lowest BCUT2D eigenvalue weighted by atomic mass is 10.1. The van der Waals surface area contributed by atoms with E-state index in [1.807, 2.05) is 12.2 Å². The summed E-state index contributed by atoms with van der Waals surface area (Å²) < 4.78 is 39.2. The molecule has 3 atom stereocenters. The monoisotopic (exact) mass is 947 g/mol. The molecule has 0 aromatic heterocycles. The van der Waals surface area contributed by atoms with Crippen molar-refractivity contribution in [2.45, 2.75) is 213 Å². The Hall–Kier alpha value is -3.34. The Balaban J connectivity index is 4.85. The number of phosphoric ester groups is 1. The summed E-state index contributed by atoms with van der Waals surface area (Å²) in [5.74, 6) is -1.60. The maximum absolute atomic E-state index is 12.8. The standard InChI is InChI=1S/C54H91O11P/c1-4-7-10-13-16-19-22-25-28-31-34-37-40-43-52(56)61-47-51(65-54(58)45-42-39-36-33-30-27-24-21-18-15-12-9-6-3)49-63-66(59,60)62-48-50(46-55)64-53(57)44-41-38-35-32-29-26-23-20-17-14-11-8-5-2/h9-10,12-13,18-23,27,30,36,39,50-51,55H,4-8,11,14-17,24-26,28-29,31-35,37-38,40-49H2,1-3H3,(H,59,60)/b12-9-,13-10-,21-18-,22-19-,23-20-,30-27-,39-36-. The van der Waals surface area contributed by atoms with Gasteiger partial charge < -0.3 is 24.2 Å². The van der Waals surface area contributed by atoms with Gasteiger partial charge in [-0.05, 0) is 96.3 Å². The normalized spacial score (nSPS) is 14.2. The first-order valence-corrected chi connectivity index (χ1v) is 27.0. The fourth-order valence-corrected chi connectivity index (χ4v) is 7.18. The third-order valence-electron chi connectivity index (χ3n) is 10.3. The van der Waals surface area contributed by atoms with Crippen LogP contribution in [0.3, 0.4) is 0 Å². The zero-order valence-electron chi connectivity index (χ0n) is 41.4. The number of aliphatic hydroxyl groups is 1. The molecule has 0 bridgehead atoms. The number of allylic oxidation sites excluding steroid dienone is 14. The highest BCUT2D eigenvalue weighted by molar-refractivity contribution is 7.47. The van der Waals surface area contributed by atoms with E-state index < -0.39 is 57.8 Å². The second kappa shape index (κ2) is 48.1. The quantitative estimate of drug-likeness (QED) is 0.0197. The third-order valence-corrected chi connectivity index (χ3v) is 11.2. The first-order valence-electron chi connectivity index (χ1n) is 25.5. The number of carbonyl (C=O) groups is 3. The number of carbonyl (C=O) groups excluding carboxylic acids is 3. The molecule has 11 nitrogen and oxygen atoms in total. The minimum Gasteiger partial charge on any atom is -0.462 e. The summed E-state index contributed by atoms with van der Waals surface area (Å²) in [7, 11) is -4.76. The van der Waals surface area contributed by atoms with Crippen molar-refractivity contribution in [3.63, 3.8) is 0 Å². The van der Waals surface area contributed by atoms with Crippen molar-refractivity contribution < 1.29 is 52.2 Å². The molecule has 0 aliphatic carbocycles. The Morgan fingerprint density at radius 2 is 0.848 bits per heavy atom. The van der Waals surface area contributed by atoms with Gasteiger partial charge in [-0.2, -0.15) is 0 Å². The van der Waals surface area contributed by atoms with Gasteiger partial charge in [-0.15, -0.1) is 0 Å². The van der Waals surface area contributed by atoms with Gasteiger partial charge in [-0.3, -0.25) is 23.4 Å². The highest BCUT2D eigenvalue weighted by Gasteiger charge is 2.28. The molecule has 0 saturated heterocycles. The molecule has 0 aromatic carbocycles. The van der Waals surface area contributed by atoms with Crippen LogP contribution < -0.4 is 0 Å². The summed E-state index contributed by atoms with van der Waals surface area (Å²) in [5, 5.41) is 9.76. The molecular formula is C54H91O11P. The van der Waals surface area contributed by atoms with E-state index in [1.165, 1.54) is 25.7 Å². The molecule has 3 unspecified atom stereocenters. The molecule has 378 valence electrons. The molecule has 66 heavy (non-hydrogen) atoms. The van der Waals surface area contributed by atoms with Gasteiger partial charge in [0.2, 0.25) is 0 Å². The number of hydrogen-bond acceptors (Lipinski definition) is 10. The molecule has 0 heterocycles. The number of rotatable bonds is 46. The molecule has 0 radical (unpaired) electrons. The van der Waals surface area contributed by atoms with Crippen LogP contribution in [0.4, 0.5) is 0 Å². The number of ether oxygens (including phenoxy) is 3. The molecule has 0 aliphatic rings. The van der Waals surface area contributed by atoms with E-state index in [4.69, 9.17) is 23.3 Å². The van der Waals surface area contributed by atoms with Crippen LogP contribution >= 0.6 is 7.82 Å². The average molecular weight is 947 g/mol. The van der Waals surface area contributed by atoms with Crippen molar-refractivity contribution in [2.24, 2.45) is 0 Å². The van der Waals surface area contributed by atoms with Crippen molar-refractivity contribution >= 4 is 25.7 Å². The van der Waals surface area contributed by atoms with Gasteiger partial charge in [-0.25, -0.2) is 4.57 Å². The molecule has 0 fully saturated rings. The van der Waals surface area contributed by atoms with E-state index in [0.717, 1.165) is 116 Å². The molecule has 12 heteroatoms. The van der Waals surface area contributed by atoms with Gasteiger partial charge in [0.1, 0.15) is 12.7 Å². The fourth-order valence-electron chi connectivity index (χ4n) is 6.40. The van der Waals surface area contributed by atoms with Gasteiger partial charge in [-0.1, -0.05) is 170 Å². The van der Waals surface area contributed by atoms with Crippen molar-refractivity contribution in [3.8, 4) is 0 Å². The summed E-state index contributed by atoms with van der Waals surface area (Å²) in [6.07, 6.45) is 52.9. The number of aliphatic hydroxyl groups excluding tert-OH is 1. The molecular weight excluding hydrogens is 856 g/mol. The van der Waals surface area contributed by atoms with Crippen LogP contribution in [0.25, 0.3) is 0 Å². The van der Waals surface area contributed by atoms with Gasteiger partial charge in [0.05, 0.1) is 19.8 Å². The lowest BCUT2D eigenvalue weighted by Crippen LogP contribution is -2.30. The van der Waals surface area contributed by atoms with Gasteiger partial charge in [0, 0.05) is 19.3 Å². The van der Waals surface area contributed by atoms with Gasteiger partial charge in [0.25, 0.3) is 0 Å². The van der Waals surface area contributed by atoms with Crippen LogP contribution in [0.1, 0.15) is 201 Å². The molecule has 2 N–H and O–H groups in total. The highest BCUT2D eigenvalue weighted by Crippen LogP contribution is 2.43. The molecule has 0 saturated carbocycles. The molecule has 0 aromatic rings. The second-order valence-electron chi connectivity index (χ2n) is 16.6. The van der Waals surface area contributed by atoms with Crippen LogP contribution in [0.15, 0.2) is 85.1 Å². The number of phosphoric acid groups is 1. The van der Waals surface area contributed by atoms with E-state index in [9.17, 15) is 28.9 Å². The minimum atomic E-state index is -4.76. The van der Waals surface area contributed by atoms with Gasteiger partial charge in [0.15, 0.2) is 6.10 Å². The van der Waals surface area contributed by atoms with Gasteiger partial charge >= 0.3 is 25.7 Å². The number of esters is 3. The van der Waals surface area contributed by atoms with E-state index in [1.54, 1.807) is 0 Å². The predicted molar refractivity (Wildman–Crippen MR) is 270 cm³/mol. The maximum Gasteiger partial charge on any atom is 0.472 e. The minimum absolute atomic E-state index is 0.0399. The Morgan fingerprint density at radius 3 is 1.38 bits per heavy atom. The predicted octanol–water partition coefficient (Wildman–Crippen LogP) is 14.4. The summed E-state index contributed by atoms with van der Waals surface area (Å²) in [6.45, 7) is 4.31. The first-order chi connectivity index (χ1) is 32.2. The van der Waals surface area contributed by atoms with Crippen LogP contribution in [0, 0.1) is 0 Å². The summed E-state index contributed by atoms with van der Waals surface area (Å²) in [6, 6.07) is 0. The Bertz CT molecular complexity index is 1430. The van der Waals surface area contributed by atoms with Crippen LogP contribution in [-0.4, -0.2) is 66.5 Å². The zero-order valence-corrected chi connectivity index (χ0v) is 42.3. The molecule has 0 spiro atoms. The molecule has 0 rings (SSSR count). The van der Waals surface area contributed by atoms with Crippen LogP contribution in [-0.2, 0) is 42.2 Å². The Morgan fingerprint density at radius 1 is 0.439 bits per heavy atom. The van der Waals surface area contributed by atoms with E-state index in [-0.39, 0.29) is 25.9 Å². The number of hydrogen-bond donors (Lipinski definition) is 2. The Kier molecular flexibility index (Phi) is 45.7. The van der Waals surface area contributed by atoms with Crippen molar-refractivity contribution in [1.82, 2.24) is 0 Å². The fraction of sp³-hybridized carbons (Fsp3) is 0.685. The largest absolute Gasteiger partial charge is 0.472 e. The summed E-state index contributed by atoms with van der Waals surface area (Å²) in [4.78, 5) is 48.2. The van der Waals surface area contributed by atoms with E-state index >= 15 is 0 Å². The average Bonchev–Trinajstić information content (AvgIpc) is 3.30. The van der Waals surface area contributed by atoms with Crippen molar-refractivity contribution in [3.05, 3.63) is 85.1 Å².